The third-order valence-electron chi connectivity index (χ3n) is 0.522. The number of rotatable bonds is 1. The van der Waals surface area contributed by atoms with Crippen LogP contribution in [0.3, 0.4) is 0 Å². The molecule has 0 amide bonds. The molecule has 1 atom stereocenters. The first-order chi connectivity index (χ1) is 2.64. The van der Waals surface area contributed by atoms with Crippen molar-refractivity contribution in [1.82, 2.24) is 0 Å². The van der Waals surface area contributed by atoms with Gasteiger partial charge in [0.1, 0.15) is 0 Å². The molecule has 0 unspecified atom stereocenters. The predicted molar refractivity (Wildman–Crippen MR) is 31.6 cm³/mol. The molecule has 0 rings (SSSR count). The van der Waals surface area contributed by atoms with E-state index in [1.807, 2.05) is 0 Å². The van der Waals surface area contributed by atoms with Crippen LogP contribution in [0.4, 0.5) is 0 Å². The Labute approximate surface area is 63.9 Å². The van der Waals surface area contributed by atoms with Crippen LogP contribution >= 0.6 is 12.2 Å². The van der Waals surface area contributed by atoms with Crippen molar-refractivity contribution < 1.29 is 21.1 Å². The quantitative estimate of drug-likeness (QED) is 0.562. The maximum absolute atomic E-state index is 5.18. The summed E-state index contributed by atoms with van der Waals surface area (Å²) in [7, 11) is 0. The van der Waals surface area contributed by atoms with Crippen LogP contribution in [0.15, 0.2) is 0 Å². The number of thiocarbonyl (C=S) groups is 1. The summed E-state index contributed by atoms with van der Waals surface area (Å²) >= 11 is 4.63. The van der Waals surface area contributed by atoms with E-state index in [2.05, 4.69) is 19.1 Å². The zero-order valence-corrected chi connectivity index (χ0v) is 7.93. The van der Waals surface area contributed by atoms with E-state index in [0.29, 0.717) is 0 Å². The van der Waals surface area contributed by atoms with Gasteiger partial charge in [-0.3, -0.25) is 0 Å². The number of nitrogens with two attached hydrogens (primary N) is 1. The van der Waals surface area contributed by atoms with Gasteiger partial charge in [-0.2, -0.15) is 0 Å². The average Bonchev–Trinajstić information content (AvgIpc) is 1.36. The number of hydrogen-bond donors (Lipinski definition) is 1. The van der Waals surface area contributed by atoms with Gasteiger partial charge in [-0.15, -0.1) is 0 Å². The Kier molecular flexibility index (Phi) is 7.45. The summed E-state index contributed by atoms with van der Waals surface area (Å²) in [6.07, 6.45) is 0. The number of hydrogen-bond acceptors (Lipinski definition) is 2. The van der Waals surface area contributed by atoms with Gasteiger partial charge in [0.15, 0.2) is 0 Å². The topological polar surface area (TPSA) is 26.0 Å². The third-order valence-corrected chi connectivity index (χ3v) is 0.825. The van der Waals surface area contributed by atoms with Crippen LogP contribution in [-0.2, 0) is 21.1 Å². The Bertz CT molecular complexity index is 62.7. The molecule has 0 fully saturated rings. The monoisotopic (exact) mass is 286 g/mol. The molecule has 7 heavy (non-hydrogen) atoms. The van der Waals surface area contributed by atoms with Crippen molar-refractivity contribution in [3.05, 3.63) is 6.92 Å². The van der Waals surface area contributed by atoms with Gasteiger partial charge < -0.3 is 12.7 Å². The predicted octanol–water partition coefficient (Wildman–Crippen LogP) is 0.535. The van der Waals surface area contributed by atoms with Crippen LogP contribution in [0.25, 0.3) is 0 Å². The second kappa shape index (κ2) is 4.89. The van der Waals surface area contributed by atoms with Crippen LogP contribution < -0.4 is 5.73 Å². The molecule has 42 valence electrons. The van der Waals surface area contributed by atoms with Crippen LogP contribution in [0, 0.1) is 6.92 Å². The standard InChI is InChI=1S/C4H8NS.W/c1-3(5)4(2)6;/h3H,1,5H2,2H3;/q-1;/t3-;/m0./s1. The Morgan fingerprint density at radius 3 is 2.00 bits per heavy atom. The molecule has 2 N–H and O–H groups in total. The van der Waals surface area contributed by atoms with Crippen molar-refractivity contribution in [1.29, 1.82) is 0 Å². The van der Waals surface area contributed by atoms with Crippen LogP contribution in [0.1, 0.15) is 6.92 Å². The van der Waals surface area contributed by atoms with E-state index in [1.165, 1.54) is 0 Å². The van der Waals surface area contributed by atoms with Gasteiger partial charge in [-0.05, 0) is 11.8 Å². The van der Waals surface area contributed by atoms with E-state index in [-0.39, 0.29) is 27.1 Å². The fraction of sp³-hybridized carbons (Fsp3) is 0.500. The summed E-state index contributed by atoms with van der Waals surface area (Å²) in [5.41, 5.74) is 5.18. The molecule has 0 saturated carbocycles. The van der Waals surface area contributed by atoms with Gasteiger partial charge in [-0.25, -0.2) is 0 Å². The third kappa shape index (κ3) is 6.74. The van der Waals surface area contributed by atoms with Gasteiger partial charge in [-0.1, -0.05) is 18.3 Å². The SMILES string of the molecule is [CH2-][C@H](N)C(C)=S.[W]. The zero-order chi connectivity index (χ0) is 5.15. The second-order valence-corrected chi connectivity index (χ2v) is 1.86. The van der Waals surface area contributed by atoms with Crippen LogP contribution in [0.5, 0.6) is 0 Å². The first-order valence-electron chi connectivity index (χ1n) is 1.73. The molecule has 0 aliphatic heterocycles. The molecule has 0 spiro atoms. The van der Waals surface area contributed by atoms with Crippen molar-refractivity contribution in [2.24, 2.45) is 5.73 Å². The molecular weight excluding hydrogens is 278 g/mol. The van der Waals surface area contributed by atoms with Crippen molar-refractivity contribution in [2.45, 2.75) is 13.0 Å². The minimum atomic E-state index is -0.167. The summed E-state index contributed by atoms with van der Waals surface area (Å²) in [5, 5.41) is 0. The van der Waals surface area contributed by atoms with Gasteiger partial charge in [0, 0.05) is 21.1 Å². The molecule has 0 aromatic rings. The Hall–Kier alpha value is 0.738. The maximum Gasteiger partial charge on any atom is 0 e. The average molecular weight is 286 g/mol. The Morgan fingerprint density at radius 2 is 2.00 bits per heavy atom. The molecule has 0 bridgehead atoms. The minimum Gasteiger partial charge on any atom is -0.352 e. The van der Waals surface area contributed by atoms with Crippen molar-refractivity contribution in [3.63, 3.8) is 0 Å². The molecule has 0 aliphatic rings. The van der Waals surface area contributed by atoms with E-state index in [9.17, 15) is 0 Å². The molecule has 1 nitrogen and oxygen atoms in total. The molecule has 0 aromatic heterocycles. The Balaban J connectivity index is 0. The molecular formula is C4H8NSW-. The van der Waals surface area contributed by atoms with E-state index < -0.39 is 0 Å². The molecule has 0 aliphatic carbocycles. The van der Waals surface area contributed by atoms with E-state index in [4.69, 9.17) is 5.73 Å². The smallest absolute Gasteiger partial charge is 0 e. The largest absolute Gasteiger partial charge is 0.352 e. The Morgan fingerprint density at radius 1 is 1.86 bits per heavy atom. The molecule has 0 radical (unpaired) electrons. The molecule has 0 saturated heterocycles. The van der Waals surface area contributed by atoms with E-state index in [0.717, 1.165) is 4.86 Å². The summed E-state index contributed by atoms with van der Waals surface area (Å²) in [5.74, 6) is 0. The summed E-state index contributed by atoms with van der Waals surface area (Å²) in [6.45, 7) is 5.26. The van der Waals surface area contributed by atoms with Crippen molar-refractivity contribution >= 4 is 17.1 Å². The summed E-state index contributed by atoms with van der Waals surface area (Å²) < 4.78 is 0. The van der Waals surface area contributed by atoms with E-state index in [1.54, 1.807) is 6.92 Å². The molecule has 3 heteroatoms. The first-order valence-corrected chi connectivity index (χ1v) is 2.14. The van der Waals surface area contributed by atoms with Crippen LogP contribution in [0.2, 0.25) is 0 Å². The van der Waals surface area contributed by atoms with Crippen molar-refractivity contribution in [2.75, 3.05) is 0 Å². The minimum absolute atomic E-state index is 0. The van der Waals surface area contributed by atoms with Gasteiger partial charge in [0.25, 0.3) is 0 Å². The first kappa shape index (κ1) is 10.7. The molecule has 0 aromatic carbocycles. The fourth-order valence-electron chi connectivity index (χ4n) is 0. The van der Waals surface area contributed by atoms with Gasteiger partial charge in [0.2, 0.25) is 0 Å². The fourth-order valence-corrected chi connectivity index (χ4v) is 0. The zero-order valence-electron chi connectivity index (χ0n) is 4.18. The maximum atomic E-state index is 5.18. The normalized spacial score (nSPS) is 11.9. The molecule has 0 heterocycles. The van der Waals surface area contributed by atoms with E-state index >= 15 is 0 Å². The van der Waals surface area contributed by atoms with Crippen molar-refractivity contribution in [3.8, 4) is 0 Å². The van der Waals surface area contributed by atoms with Gasteiger partial charge >= 0.3 is 0 Å². The summed E-state index contributed by atoms with van der Waals surface area (Å²) in [4.78, 5) is 0.759. The van der Waals surface area contributed by atoms with Gasteiger partial charge in [0.05, 0.1) is 0 Å². The second-order valence-electron chi connectivity index (χ2n) is 1.22. The van der Waals surface area contributed by atoms with Crippen LogP contribution in [-0.4, -0.2) is 10.9 Å². The summed E-state index contributed by atoms with van der Waals surface area (Å²) in [6, 6.07) is -0.167.